The predicted octanol–water partition coefficient (Wildman–Crippen LogP) is 6.67. The van der Waals surface area contributed by atoms with Crippen molar-refractivity contribution in [2.45, 2.75) is 51.4 Å². The van der Waals surface area contributed by atoms with E-state index in [9.17, 15) is 4.79 Å². The van der Waals surface area contributed by atoms with Crippen LogP contribution in [0.3, 0.4) is 0 Å². The molecule has 3 aromatic rings. The summed E-state index contributed by atoms with van der Waals surface area (Å²) in [6.07, 6.45) is -3.03. The molecule has 2 fully saturated rings. The van der Waals surface area contributed by atoms with Gasteiger partial charge >= 0.3 is 6.09 Å². The Labute approximate surface area is 252 Å². The van der Waals surface area contributed by atoms with E-state index in [1.807, 2.05) is 91.0 Å². The number of nitrogens with one attached hydrogen (secondary N) is 1. The first-order valence-electron chi connectivity index (χ1n) is 12.7. The molecule has 212 valence electrons. The highest BCUT2D eigenvalue weighted by molar-refractivity contribution is 7.99. The number of amides is 1. The monoisotopic (exact) mass is 623 g/mol. The SMILES string of the molecule is O=C(N[C@@H]1[C@@H](OCc2ccccc2)[C@@H]2OC(c3ccccc3)OC[C@H]2O[C@H]1Sc1ccccc1)OCC(Cl)(Cl)Cl. The second kappa shape index (κ2) is 13.8. The Bertz CT molecular complexity index is 1220. The van der Waals surface area contributed by atoms with Gasteiger partial charge in [0, 0.05) is 10.5 Å². The molecule has 7 nitrogen and oxygen atoms in total. The third kappa shape index (κ3) is 8.05. The molecule has 0 aliphatic carbocycles. The minimum atomic E-state index is -1.75. The summed E-state index contributed by atoms with van der Waals surface area (Å²) in [6.45, 7) is 0.153. The highest BCUT2D eigenvalue weighted by Gasteiger charge is 2.51. The second-order valence-electron chi connectivity index (χ2n) is 9.27. The van der Waals surface area contributed by atoms with Gasteiger partial charge in [-0.25, -0.2) is 4.79 Å². The number of benzene rings is 3. The first kappa shape index (κ1) is 29.5. The standard InChI is InChI=1S/C29H28Cl3NO6S/c30-29(31,32)18-37-28(34)33-23-25(35-16-19-10-4-1-5-11-19)24-22(38-27(23)40-21-14-8-3-9-15-21)17-36-26(39-24)20-12-6-2-7-13-20/h1-15,22-27H,16-18H2,(H,33,34)/t22-,23-,24-,25-,26?,27+/m1/s1. The molecule has 2 aliphatic heterocycles. The zero-order valence-corrected chi connectivity index (χ0v) is 24.3. The Morgan fingerprint density at radius 2 is 1.57 bits per heavy atom. The van der Waals surface area contributed by atoms with Crippen LogP contribution in [0, 0.1) is 0 Å². The summed E-state index contributed by atoms with van der Waals surface area (Å²) in [4.78, 5) is 13.9. The topological polar surface area (TPSA) is 75.3 Å². The van der Waals surface area contributed by atoms with E-state index in [0.717, 1.165) is 16.0 Å². The van der Waals surface area contributed by atoms with Gasteiger partial charge in [0.1, 0.15) is 30.4 Å². The number of carbonyl (C=O) groups is 1. The van der Waals surface area contributed by atoms with E-state index >= 15 is 0 Å². The van der Waals surface area contributed by atoms with Gasteiger partial charge in [0.15, 0.2) is 6.29 Å². The number of hydrogen-bond donors (Lipinski definition) is 1. The van der Waals surface area contributed by atoms with Crippen LogP contribution in [0.15, 0.2) is 95.9 Å². The van der Waals surface area contributed by atoms with Crippen LogP contribution in [0.4, 0.5) is 4.79 Å². The number of carbonyl (C=O) groups excluding carboxylic acids is 1. The quantitative estimate of drug-likeness (QED) is 0.281. The second-order valence-corrected chi connectivity index (χ2v) is 13.0. The molecule has 0 spiro atoms. The number of ether oxygens (including phenoxy) is 5. The van der Waals surface area contributed by atoms with Gasteiger partial charge < -0.3 is 29.0 Å². The lowest BCUT2D eigenvalue weighted by atomic mass is 9.96. The van der Waals surface area contributed by atoms with Crippen LogP contribution in [0.2, 0.25) is 0 Å². The van der Waals surface area contributed by atoms with Crippen LogP contribution in [-0.4, -0.2) is 52.9 Å². The van der Waals surface area contributed by atoms with Gasteiger partial charge in [-0.3, -0.25) is 0 Å². The molecule has 11 heteroatoms. The normalized spacial score (nSPS) is 26.5. The highest BCUT2D eigenvalue weighted by atomic mass is 35.6. The lowest BCUT2D eigenvalue weighted by Gasteiger charge is -2.49. The number of fused-ring (bicyclic) bond motifs is 1. The zero-order chi connectivity index (χ0) is 28.0. The molecule has 0 radical (unpaired) electrons. The summed E-state index contributed by atoms with van der Waals surface area (Å²) in [5.74, 6) is 0. The number of rotatable bonds is 8. The molecule has 0 aromatic heterocycles. The minimum Gasteiger partial charge on any atom is -0.445 e. The van der Waals surface area contributed by atoms with Crippen molar-refractivity contribution in [2.75, 3.05) is 13.2 Å². The fourth-order valence-electron chi connectivity index (χ4n) is 4.53. The average molecular weight is 625 g/mol. The summed E-state index contributed by atoms with van der Waals surface area (Å²) < 4.78 is 29.0. The lowest BCUT2D eigenvalue weighted by Crippen LogP contribution is -2.66. The van der Waals surface area contributed by atoms with E-state index in [1.54, 1.807) is 0 Å². The van der Waals surface area contributed by atoms with E-state index in [2.05, 4.69) is 5.32 Å². The first-order valence-corrected chi connectivity index (χ1v) is 14.7. The van der Waals surface area contributed by atoms with Crippen molar-refractivity contribution in [3.8, 4) is 0 Å². The summed E-state index contributed by atoms with van der Waals surface area (Å²) in [7, 11) is 0. The maximum Gasteiger partial charge on any atom is 0.407 e. The Morgan fingerprint density at radius 3 is 2.25 bits per heavy atom. The number of alkyl halides is 3. The van der Waals surface area contributed by atoms with Gasteiger partial charge in [0.25, 0.3) is 0 Å². The molecular formula is C29H28Cl3NO6S. The van der Waals surface area contributed by atoms with Crippen molar-refractivity contribution < 1.29 is 28.5 Å². The Kier molecular flexibility index (Phi) is 10.1. The molecule has 40 heavy (non-hydrogen) atoms. The molecule has 3 aromatic carbocycles. The Balaban J connectivity index is 1.43. The molecular weight excluding hydrogens is 597 g/mol. The summed E-state index contributed by atoms with van der Waals surface area (Å²) in [5.41, 5.74) is 1.28. The van der Waals surface area contributed by atoms with E-state index < -0.39 is 52.6 Å². The Hall–Kier alpha value is -2.01. The van der Waals surface area contributed by atoms with Crippen molar-refractivity contribution in [1.29, 1.82) is 0 Å². The molecule has 6 atom stereocenters. The molecule has 1 amide bonds. The first-order chi connectivity index (χ1) is 19.4. The zero-order valence-electron chi connectivity index (χ0n) is 21.2. The van der Waals surface area contributed by atoms with Crippen LogP contribution in [0.5, 0.6) is 0 Å². The average Bonchev–Trinajstić information content (AvgIpc) is 2.97. The summed E-state index contributed by atoms with van der Waals surface area (Å²) >= 11 is 18.9. The van der Waals surface area contributed by atoms with Crippen molar-refractivity contribution in [2.24, 2.45) is 0 Å². The third-order valence-electron chi connectivity index (χ3n) is 6.34. The van der Waals surface area contributed by atoms with E-state index in [0.29, 0.717) is 6.61 Å². The maximum atomic E-state index is 12.9. The van der Waals surface area contributed by atoms with Gasteiger partial charge in [0.2, 0.25) is 3.79 Å². The summed E-state index contributed by atoms with van der Waals surface area (Å²) in [6, 6.07) is 28.5. The molecule has 2 saturated heterocycles. The van der Waals surface area contributed by atoms with Gasteiger partial charge in [0.05, 0.1) is 19.3 Å². The van der Waals surface area contributed by atoms with E-state index in [4.69, 9.17) is 58.5 Å². The molecule has 0 saturated carbocycles. The van der Waals surface area contributed by atoms with Crippen LogP contribution < -0.4 is 5.32 Å². The number of hydrogen-bond acceptors (Lipinski definition) is 7. The van der Waals surface area contributed by atoms with Crippen molar-refractivity contribution >= 4 is 52.7 Å². The van der Waals surface area contributed by atoms with Gasteiger partial charge in [-0.15, -0.1) is 0 Å². The fraction of sp³-hybridized carbons (Fsp3) is 0.345. The summed E-state index contributed by atoms with van der Waals surface area (Å²) in [5, 5.41) is 2.91. The molecule has 1 unspecified atom stereocenters. The van der Waals surface area contributed by atoms with Crippen LogP contribution >= 0.6 is 46.6 Å². The van der Waals surface area contributed by atoms with Gasteiger partial charge in [-0.2, -0.15) is 0 Å². The van der Waals surface area contributed by atoms with Crippen LogP contribution in [0.1, 0.15) is 17.4 Å². The number of thioether (sulfide) groups is 1. The molecule has 1 N–H and O–H groups in total. The molecule has 5 rings (SSSR count). The largest absolute Gasteiger partial charge is 0.445 e. The van der Waals surface area contributed by atoms with E-state index in [1.165, 1.54) is 11.8 Å². The van der Waals surface area contributed by atoms with Crippen LogP contribution in [0.25, 0.3) is 0 Å². The van der Waals surface area contributed by atoms with Crippen molar-refractivity contribution in [3.63, 3.8) is 0 Å². The van der Waals surface area contributed by atoms with Gasteiger partial charge in [-0.1, -0.05) is 125 Å². The van der Waals surface area contributed by atoms with E-state index in [-0.39, 0.29) is 6.61 Å². The highest BCUT2D eigenvalue weighted by Crippen LogP contribution is 2.40. The number of alkyl carbamates (subject to hydrolysis) is 1. The fourth-order valence-corrected chi connectivity index (χ4v) is 5.84. The predicted molar refractivity (Wildman–Crippen MR) is 155 cm³/mol. The van der Waals surface area contributed by atoms with Crippen molar-refractivity contribution in [3.05, 3.63) is 102 Å². The molecule has 0 bridgehead atoms. The van der Waals surface area contributed by atoms with Crippen molar-refractivity contribution in [1.82, 2.24) is 5.32 Å². The maximum absolute atomic E-state index is 12.9. The molecule has 2 heterocycles. The number of halogens is 3. The van der Waals surface area contributed by atoms with Crippen LogP contribution in [-0.2, 0) is 30.3 Å². The third-order valence-corrected chi connectivity index (χ3v) is 7.85. The minimum absolute atomic E-state index is 0.283. The smallest absolute Gasteiger partial charge is 0.407 e. The Morgan fingerprint density at radius 1 is 0.925 bits per heavy atom. The van der Waals surface area contributed by atoms with Gasteiger partial charge in [-0.05, 0) is 17.7 Å². The lowest BCUT2D eigenvalue weighted by molar-refractivity contribution is -0.312. The molecule has 2 aliphatic rings.